The molecule has 4 aromatic carbocycles. The zero-order chi connectivity index (χ0) is 28.2. The summed E-state index contributed by atoms with van der Waals surface area (Å²) in [5.74, 6) is -0.585. The van der Waals surface area contributed by atoms with E-state index in [0.717, 1.165) is 21.0 Å². The predicted octanol–water partition coefficient (Wildman–Crippen LogP) is 5.25. The Balaban J connectivity index is 1.52. The summed E-state index contributed by atoms with van der Waals surface area (Å²) in [4.78, 5) is 13.1. The van der Waals surface area contributed by atoms with Crippen molar-refractivity contribution >= 4 is 43.0 Å². The largest absolute Gasteiger partial charge is 0.325 e. The maximum Gasteiger partial charge on any atom is 0.264 e. The maximum atomic E-state index is 13.5. The monoisotopic (exact) mass is 563 g/mol. The van der Waals surface area contributed by atoms with Crippen LogP contribution in [0.1, 0.15) is 16.7 Å². The Kier molecular flexibility index (Phi) is 8.08. The van der Waals surface area contributed by atoms with Crippen LogP contribution in [-0.4, -0.2) is 29.3 Å². The van der Waals surface area contributed by atoms with Gasteiger partial charge >= 0.3 is 0 Å². The molecule has 1 amide bonds. The molecule has 0 aliphatic heterocycles. The molecule has 0 bridgehead atoms. The number of hydrogen-bond donors (Lipinski definition) is 2. The molecule has 0 fully saturated rings. The molecule has 4 rings (SSSR count). The summed E-state index contributed by atoms with van der Waals surface area (Å²) in [5, 5.41) is 2.66. The van der Waals surface area contributed by atoms with E-state index in [1.165, 1.54) is 36.4 Å². The highest BCUT2D eigenvalue weighted by molar-refractivity contribution is 7.93. The van der Waals surface area contributed by atoms with Crippen molar-refractivity contribution in [1.82, 2.24) is 0 Å². The lowest BCUT2D eigenvalue weighted by Gasteiger charge is -2.24. The van der Waals surface area contributed by atoms with Gasteiger partial charge in [0.25, 0.3) is 20.0 Å². The van der Waals surface area contributed by atoms with Gasteiger partial charge in [-0.1, -0.05) is 48.0 Å². The van der Waals surface area contributed by atoms with Crippen LogP contribution in [0.4, 0.5) is 17.1 Å². The predicted molar refractivity (Wildman–Crippen MR) is 154 cm³/mol. The van der Waals surface area contributed by atoms with Gasteiger partial charge in [0.15, 0.2) is 0 Å². The first-order valence-corrected chi connectivity index (χ1v) is 15.0. The third-order valence-electron chi connectivity index (χ3n) is 6.03. The van der Waals surface area contributed by atoms with Crippen molar-refractivity contribution in [2.75, 3.05) is 20.9 Å². The molecule has 0 radical (unpaired) electrons. The number of anilines is 3. The number of aryl methyl sites for hydroxylation is 3. The van der Waals surface area contributed by atoms with E-state index in [1.54, 1.807) is 48.5 Å². The third-order valence-corrected chi connectivity index (χ3v) is 9.20. The lowest BCUT2D eigenvalue weighted by Crippen LogP contribution is -2.38. The van der Waals surface area contributed by atoms with Gasteiger partial charge in [0.1, 0.15) is 6.54 Å². The lowest BCUT2D eigenvalue weighted by atomic mass is 10.1. The van der Waals surface area contributed by atoms with E-state index >= 15 is 0 Å². The quantitative estimate of drug-likeness (QED) is 0.289. The van der Waals surface area contributed by atoms with Gasteiger partial charge in [-0.05, 0) is 86.5 Å². The molecule has 10 heteroatoms. The Bertz CT molecular complexity index is 1690. The van der Waals surface area contributed by atoms with Crippen LogP contribution in [-0.2, 0) is 24.8 Å². The average molecular weight is 564 g/mol. The Hall–Kier alpha value is -4.15. The summed E-state index contributed by atoms with van der Waals surface area (Å²) in [5.41, 5.74) is 3.77. The molecule has 0 spiro atoms. The molecule has 0 atom stereocenters. The van der Waals surface area contributed by atoms with E-state index in [1.807, 2.05) is 32.9 Å². The minimum atomic E-state index is -4.04. The summed E-state index contributed by atoms with van der Waals surface area (Å²) >= 11 is 0. The van der Waals surface area contributed by atoms with Gasteiger partial charge < -0.3 is 5.32 Å². The number of sulfonamides is 2. The standard InChI is InChI=1S/C29H29N3O5S2/c1-21-10-15-27(16-11-21)39(36,37)32(25-7-5-4-6-8-25)20-29(33)30-24-13-17-26(18-14-24)38(34,35)31-28-19-22(2)9-12-23(28)3/h4-19,31H,20H2,1-3H3,(H,30,33). The molecule has 0 saturated carbocycles. The summed E-state index contributed by atoms with van der Waals surface area (Å²) in [6, 6.07) is 25.9. The van der Waals surface area contributed by atoms with Crippen molar-refractivity contribution in [3.8, 4) is 0 Å². The molecule has 0 heterocycles. The van der Waals surface area contributed by atoms with E-state index in [-0.39, 0.29) is 9.79 Å². The number of carbonyl (C=O) groups is 1. The van der Waals surface area contributed by atoms with Crippen molar-refractivity contribution in [1.29, 1.82) is 0 Å². The number of hydrogen-bond acceptors (Lipinski definition) is 5. The highest BCUT2D eigenvalue weighted by atomic mass is 32.2. The molecule has 0 unspecified atom stereocenters. The average Bonchev–Trinajstić information content (AvgIpc) is 2.90. The van der Waals surface area contributed by atoms with E-state index < -0.39 is 32.5 Å². The fraction of sp³-hybridized carbons (Fsp3) is 0.138. The molecule has 0 aromatic heterocycles. The third kappa shape index (κ3) is 6.65. The number of nitrogens with zero attached hydrogens (tertiary/aromatic N) is 1. The normalized spacial score (nSPS) is 11.6. The summed E-state index contributed by atoms with van der Waals surface area (Å²) < 4.78 is 56.3. The number of amides is 1. The second kappa shape index (κ2) is 11.3. The van der Waals surface area contributed by atoms with Crippen LogP contribution in [0.2, 0.25) is 0 Å². The van der Waals surface area contributed by atoms with E-state index in [4.69, 9.17) is 0 Å². The molecule has 202 valence electrons. The highest BCUT2D eigenvalue weighted by Crippen LogP contribution is 2.25. The summed E-state index contributed by atoms with van der Waals surface area (Å²) in [6.45, 7) is 5.07. The molecular formula is C29H29N3O5S2. The number of carbonyl (C=O) groups excluding carboxylic acids is 1. The van der Waals surface area contributed by atoms with E-state index in [2.05, 4.69) is 10.0 Å². The summed E-state index contributed by atoms with van der Waals surface area (Å²) in [6.07, 6.45) is 0. The van der Waals surface area contributed by atoms with E-state index in [9.17, 15) is 21.6 Å². The molecule has 2 N–H and O–H groups in total. The van der Waals surface area contributed by atoms with Gasteiger partial charge in [-0.2, -0.15) is 0 Å². The van der Waals surface area contributed by atoms with Crippen molar-refractivity contribution in [2.45, 2.75) is 30.6 Å². The molecule has 0 aliphatic carbocycles. The minimum Gasteiger partial charge on any atom is -0.325 e. The van der Waals surface area contributed by atoms with Crippen LogP contribution >= 0.6 is 0 Å². The van der Waals surface area contributed by atoms with Gasteiger partial charge in [0, 0.05) is 5.69 Å². The first-order chi connectivity index (χ1) is 18.5. The maximum absolute atomic E-state index is 13.5. The topological polar surface area (TPSA) is 113 Å². The zero-order valence-electron chi connectivity index (χ0n) is 21.7. The number of benzene rings is 4. The lowest BCUT2D eigenvalue weighted by molar-refractivity contribution is -0.114. The van der Waals surface area contributed by atoms with Gasteiger partial charge in [-0.3, -0.25) is 13.8 Å². The second-order valence-corrected chi connectivity index (χ2v) is 12.7. The Morgan fingerprint density at radius 2 is 1.31 bits per heavy atom. The number of rotatable bonds is 9. The van der Waals surface area contributed by atoms with E-state index in [0.29, 0.717) is 17.1 Å². The van der Waals surface area contributed by atoms with Crippen LogP contribution in [0.15, 0.2) is 107 Å². The van der Waals surface area contributed by atoms with Crippen molar-refractivity contribution in [2.24, 2.45) is 0 Å². The molecular weight excluding hydrogens is 534 g/mol. The fourth-order valence-corrected chi connectivity index (χ4v) is 6.39. The molecule has 4 aromatic rings. The van der Waals surface area contributed by atoms with Gasteiger partial charge in [0.2, 0.25) is 5.91 Å². The van der Waals surface area contributed by atoms with Crippen LogP contribution < -0.4 is 14.3 Å². The van der Waals surface area contributed by atoms with Gasteiger partial charge in [-0.25, -0.2) is 16.8 Å². The molecule has 0 saturated heterocycles. The molecule has 8 nitrogen and oxygen atoms in total. The van der Waals surface area contributed by atoms with Crippen molar-refractivity contribution < 1.29 is 21.6 Å². The molecule has 0 aliphatic rings. The Morgan fingerprint density at radius 1 is 0.718 bits per heavy atom. The second-order valence-electron chi connectivity index (χ2n) is 9.16. The number of nitrogens with one attached hydrogen (secondary N) is 2. The smallest absolute Gasteiger partial charge is 0.264 e. The van der Waals surface area contributed by atoms with Crippen LogP contribution in [0.3, 0.4) is 0 Å². The van der Waals surface area contributed by atoms with Gasteiger partial charge in [0.05, 0.1) is 21.2 Å². The Morgan fingerprint density at radius 3 is 1.95 bits per heavy atom. The summed E-state index contributed by atoms with van der Waals surface area (Å²) in [7, 11) is -7.89. The van der Waals surface area contributed by atoms with Crippen molar-refractivity contribution in [3.05, 3.63) is 114 Å². The van der Waals surface area contributed by atoms with Crippen LogP contribution in [0.5, 0.6) is 0 Å². The van der Waals surface area contributed by atoms with Crippen LogP contribution in [0.25, 0.3) is 0 Å². The first kappa shape index (κ1) is 27.9. The Labute approximate surface area is 229 Å². The van der Waals surface area contributed by atoms with Gasteiger partial charge in [-0.15, -0.1) is 0 Å². The fourth-order valence-electron chi connectivity index (χ4n) is 3.84. The molecule has 39 heavy (non-hydrogen) atoms. The minimum absolute atomic E-state index is 0.0225. The zero-order valence-corrected chi connectivity index (χ0v) is 23.4. The SMILES string of the molecule is Cc1ccc(S(=O)(=O)N(CC(=O)Nc2ccc(S(=O)(=O)Nc3cc(C)ccc3C)cc2)c2ccccc2)cc1. The van der Waals surface area contributed by atoms with Crippen LogP contribution in [0, 0.1) is 20.8 Å². The highest BCUT2D eigenvalue weighted by Gasteiger charge is 2.27. The van der Waals surface area contributed by atoms with Crippen molar-refractivity contribution in [3.63, 3.8) is 0 Å². The number of para-hydroxylation sites is 1. The first-order valence-electron chi connectivity index (χ1n) is 12.1.